The summed E-state index contributed by atoms with van der Waals surface area (Å²) >= 11 is 0. The number of likely N-dealkylation sites (tertiary alicyclic amines) is 1. The normalized spacial score (nSPS) is 16.6. The van der Waals surface area contributed by atoms with E-state index in [1.807, 2.05) is 11.0 Å². The molecule has 0 aliphatic carbocycles. The molecule has 1 unspecified atom stereocenters. The first-order chi connectivity index (χ1) is 12.0. The number of carbonyl (C=O) groups is 2. The van der Waals surface area contributed by atoms with Gasteiger partial charge in [-0.25, -0.2) is 4.79 Å². The smallest absolute Gasteiger partial charge is 0.328 e. The number of hydrogen-bond acceptors (Lipinski definition) is 3. The molecule has 1 atom stereocenters. The summed E-state index contributed by atoms with van der Waals surface area (Å²) in [6, 6.07) is 9.66. The monoisotopic (exact) mass is 341 g/mol. The molecule has 1 fully saturated rings. The van der Waals surface area contributed by atoms with Crippen molar-refractivity contribution < 1.29 is 14.7 Å². The van der Waals surface area contributed by atoms with Gasteiger partial charge in [0.25, 0.3) is 5.91 Å². The molecule has 6 nitrogen and oxygen atoms in total. The Morgan fingerprint density at radius 1 is 1.24 bits per heavy atom. The quantitative estimate of drug-likeness (QED) is 0.907. The lowest BCUT2D eigenvalue weighted by Gasteiger charge is -2.31. The van der Waals surface area contributed by atoms with E-state index < -0.39 is 12.0 Å². The standard InChI is InChI=1S/C19H23N3O3/c1-14(19(24)25)22-13-17(12-20-22)18(23)21-9-7-16(8-10-21)11-15-5-3-2-4-6-15/h2-6,12-14,16H,7-11H2,1H3,(H,24,25). The lowest BCUT2D eigenvalue weighted by atomic mass is 9.90. The molecule has 1 aromatic carbocycles. The molecule has 0 bridgehead atoms. The molecule has 3 rings (SSSR count). The number of benzene rings is 1. The van der Waals surface area contributed by atoms with Gasteiger partial charge >= 0.3 is 5.97 Å². The number of carboxylic acids is 1. The predicted molar refractivity (Wildman–Crippen MR) is 93.3 cm³/mol. The molecule has 1 N–H and O–H groups in total. The van der Waals surface area contributed by atoms with Crippen LogP contribution in [0.3, 0.4) is 0 Å². The number of hydrogen-bond donors (Lipinski definition) is 1. The number of rotatable bonds is 5. The molecule has 1 amide bonds. The molecule has 25 heavy (non-hydrogen) atoms. The van der Waals surface area contributed by atoms with Crippen molar-refractivity contribution in [3.8, 4) is 0 Å². The number of aromatic nitrogens is 2. The Labute approximate surface area is 147 Å². The van der Waals surface area contributed by atoms with Crippen molar-refractivity contribution in [2.75, 3.05) is 13.1 Å². The first-order valence-electron chi connectivity index (χ1n) is 8.64. The Balaban J connectivity index is 1.56. The fourth-order valence-corrected chi connectivity index (χ4v) is 3.24. The summed E-state index contributed by atoms with van der Waals surface area (Å²) in [6.45, 7) is 3.00. The Morgan fingerprint density at radius 2 is 1.92 bits per heavy atom. The summed E-state index contributed by atoms with van der Waals surface area (Å²) in [6.07, 6.45) is 6.01. The van der Waals surface area contributed by atoms with Crippen molar-refractivity contribution in [3.63, 3.8) is 0 Å². The summed E-state index contributed by atoms with van der Waals surface area (Å²) in [5.41, 5.74) is 1.80. The van der Waals surface area contributed by atoms with Gasteiger partial charge in [0, 0.05) is 19.3 Å². The average Bonchev–Trinajstić information content (AvgIpc) is 3.12. The van der Waals surface area contributed by atoms with Crippen LogP contribution in [-0.2, 0) is 11.2 Å². The highest BCUT2D eigenvalue weighted by Gasteiger charge is 2.25. The van der Waals surface area contributed by atoms with Crippen molar-refractivity contribution in [3.05, 3.63) is 53.9 Å². The number of carbonyl (C=O) groups excluding carboxylic acids is 1. The Morgan fingerprint density at radius 3 is 2.56 bits per heavy atom. The van der Waals surface area contributed by atoms with E-state index in [0.717, 1.165) is 32.4 Å². The van der Waals surface area contributed by atoms with Crippen LogP contribution in [0.2, 0.25) is 0 Å². The molecule has 2 heterocycles. The van der Waals surface area contributed by atoms with Crippen LogP contribution < -0.4 is 0 Å². The number of aliphatic carboxylic acids is 1. The average molecular weight is 341 g/mol. The van der Waals surface area contributed by atoms with E-state index in [0.29, 0.717) is 11.5 Å². The van der Waals surface area contributed by atoms with Gasteiger partial charge in [-0.05, 0) is 37.7 Å². The highest BCUT2D eigenvalue weighted by molar-refractivity contribution is 5.93. The molecular weight excluding hydrogens is 318 g/mol. The lowest BCUT2D eigenvalue weighted by Crippen LogP contribution is -2.38. The molecule has 1 saturated heterocycles. The second kappa shape index (κ2) is 7.51. The summed E-state index contributed by atoms with van der Waals surface area (Å²) in [5, 5.41) is 13.0. The van der Waals surface area contributed by atoms with E-state index >= 15 is 0 Å². The van der Waals surface area contributed by atoms with Crippen molar-refractivity contribution >= 4 is 11.9 Å². The minimum absolute atomic E-state index is 0.0676. The highest BCUT2D eigenvalue weighted by atomic mass is 16.4. The molecule has 1 aromatic heterocycles. The fourth-order valence-electron chi connectivity index (χ4n) is 3.24. The number of nitrogens with zero attached hydrogens (tertiary/aromatic N) is 3. The van der Waals surface area contributed by atoms with Crippen LogP contribution in [0.25, 0.3) is 0 Å². The van der Waals surface area contributed by atoms with Gasteiger partial charge < -0.3 is 10.0 Å². The summed E-state index contributed by atoms with van der Waals surface area (Å²) in [5.74, 6) is -0.438. The minimum Gasteiger partial charge on any atom is -0.480 e. The maximum atomic E-state index is 12.6. The summed E-state index contributed by atoms with van der Waals surface area (Å²) in [4.78, 5) is 25.4. The van der Waals surface area contributed by atoms with Gasteiger partial charge in [0.15, 0.2) is 0 Å². The van der Waals surface area contributed by atoms with Gasteiger partial charge in [-0.3, -0.25) is 9.48 Å². The Hall–Kier alpha value is -2.63. The zero-order valence-electron chi connectivity index (χ0n) is 14.3. The summed E-state index contributed by atoms with van der Waals surface area (Å²) in [7, 11) is 0. The van der Waals surface area contributed by atoms with E-state index in [4.69, 9.17) is 5.11 Å². The fraction of sp³-hybridized carbons (Fsp3) is 0.421. The van der Waals surface area contributed by atoms with Crippen LogP contribution in [-0.4, -0.2) is 44.8 Å². The predicted octanol–water partition coefficient (Wildman–Crippen LogP) is 2.62. The number of amides is 1. The van der Waals surface area contributed by atoms with Gasteiger partial charge in [0.05, 0.1) is 11.8 Å². The molecule has 1 aliphatic heterocycles. The molecule has 0 spiro atoms. The van der Waals surface area contributed by atoms with Gasteiger partial charge in [0.2, 0.25) is 0 Å². The van der Waals surface area contributed by atoms with Crippen molar-refractivity contribution in [2.45, 2.75) is 32.2 Å². The van der Waals surface area contributed by atoms with E-state index in [9.17, 15) is 9.59 Å². The highest BCUT2D eigenvalue weighted by Crippen LogP contribution is 2.23. The van der Waals surface area contributed by atoms with Crippen LogP contribution >= 0.6 is 0 Å². The zero-order valence-corrected chi connectivity index (χ0v) is 14.3. The molecule has 2 aromatic rings. The van der Waals surface area contributed by atoms with Crippen LogP contribution in [0.15, 0.2) is 42.7 Å². The van der Waals surface area contributed by atoms with Crippen LogP contribution in [0.5, 0.6) is 0 Å². The largest absolute Gasteiger partial charge is 0.480 e. The minimum atomic E-state index is -0.969. The van der Waals surface area contributed by atoms with Gasteiger partial charge in [-0.1, -0.05) is 30.3 Å². The molecule has 6 heteroatoms. The van der Waals surface area contributed by atoms with E-state index in [1.54, 1.807) is 6.92 Å². The zero-order chi connectivity index (χ0) is 17.8. The third kappa shape index (κ3) is 4.07. The molecule has 0 radical (unpaired) electrons. The van der Waals surface area contributed by atoms with Gasteiger partial charge in [-0.15, -0.1) is 0 Å². The molecular formula is C19H23N3O3. The number of piperidine rings is 1. The lowest BCUT2D eigenvalue weighted by molar-refractivity contribution is -0.140. The maximum Gasteiger partial charge on any atom is 0.328 e. The van der Waals surface area contributed by atoms with Crippen molar-refractivity contribution in [1.82, 2.24) is 14.7 Å². The first-order valence-corrected chi connectivity index (χ1v) is 8.64. The molecule has 1 aliphatic rings. The van der Waals surface area contributed by atoms with E-state index in [-0.39, 0.29) is 5.91 Å². The van der Waals surface area contributed by atoms with E-state index in [2.05, 4.69) is 29.4 Å². The second-order valence-electron chi connectivity index (χ2n) is 6.65. The number of carboxylic acid groups (broad SMARTS) is 1. The SMILES string of the molecule is CC(C(=O)O)n1cc(C(=O)N2CCC(Cc3ccccc3)CC2)cn1. The Kier molecular flexibility index (Phi) is 5.16. The van der Waals surface area contributed by atoms with E-state index in [1.165, 1.54) is 22.6 Å². The van der Waals surface area contributed by atoms with Crippen LogP contribution in [0, 0.1) is 5.92 Å². The third-order valence-corrected chi connectivity index (χ3v) is 4.87. The molecule has 0 saturated carbocycles. The van der Waals surface area contributed by atoms with Crippen LogP contribution in [0.1, 0.15) is 41.7 Å². The third-order valence-electron chi connectivity index (χ3n) is 4.87. The van der Waals surface area contributed by atoms with Crippen molar-refractivity contribution in [1.29, 1.82) is 0 Å². The van der Waals surface area contributed by atoms with Crippen LogP contribution in [0.4, 0.5) is 0 Å². The first kappa shape index (κ1) is 17.2. The topological polar surface area (TPSA) is 75.4 Å². The van der Waals surface area contributed by atoms with Gasteiger partial charge in [-0.2, -0.15) is 5.10 Å². The molecule has 132 valence electrons. The second-order valence-corrected chi connectivity index (χ2v) is 6.65. The van der Waals surface area contributed by atoms with Gasteiger partial charge in [0.1, 0.15) is 6.04 Å². The summed E-state index contributed by atoms with van der Waals surface area (Å²) < 4.78 is 1.32. The van der Waals surface area contributed by atoms with Crippen molar-refractivity contribution in [2.24, 2.45) is 5.92 Å². The maximum absolute atomic E-state index is 12.6. The Bertz CT molecular complexity index is 733.